The third kappa shape index (κ3) is 2.32. The van der Waals surface area contributed by atoms with Crippen LogP contribution < -0.4 is 5.32 Å². The fraction of sp³-hybridized carbons (Fsp3) is 0.600. The van der Waals surface area contributed by atoms with Crippen LogP contribution in [0.5, 0.6) is 5.75 Å². The largest absolute Gasteiger partial charge is 0.508 e. The summed E-state index contributed by atoms with van der Waals surface area (Å²) >= 11 is 0. The summed E-state index contributed by atoms with van der Waals surface area (Å²) in [7, 11) is 0. The van der Waals surface area contributed by atoms with Crippen molar-refractivity contribution >= 4 is 5.69 Å². The second kappa shape index (κ2) is 5.19. The lowest BCUT2D eigenvalue weighted by Crippen LogP contribution is -2.59. The predicted octanol–water partition coefficient (Wildman–Crippen LogP) is 3.40. The summed E-state index contributed by atoms with van der Waals surface area (Å²) < 4.78 is 5.79. The molecule has 0 aromatic heterocycles. The van der Waals surface area contributed by atoms with Gasteiger partial charge in [-0.15, -0.1) is 0 Å². The predicted molar refractivity (Wildman–Crippen MR) is 73.9 cm³/mol. The molecule has 2 rings (SSSR count). The molecular weight excluding hydrogens is 226 g/mol. The standard InChI is InChI=1S/C15H23NO2/c1-4-15(3)13(10-14(15)18-5-2)16-11-7-6-8-12(17)9-11/h6-9,13-14,16-17H,4-5,10H2,1-3H3. The molecule has 100 valence electrons. The van der Waals surface area contributed by atoms with E-state index in [9.17, 15) is 5.11 Å². The molecule has 3 heteroatoms. The van der Waals surface area contributed by atoms with E-state index in [-0.39, 0.29) is 5.41 Å². The maximum Gasteiger partial charge on any atom is 0.117 e. The molecule has 0 bridgehead atoms. The van der Waals surface area contributed by atoms with Gasteiger partial charge in [-0.3, -0.25) is 0 Å². The molecule has 3 unspecified atom stereocenters. The minimum absolute atomic E-state index is 0.182. The Morgan fingerprint density at radius 2 is 2.22 bits per heavy atom. The van der Waals surface area contributed by atoms with Gasteiger partial charge in [0.15, 0.2) is 0 Å². The van der Waals surface area contributed by atoms with E-state index in [4.69, 9.17) is 4.74 Å². The van der Waals surface area contributed by atoms with Gasteiger partial charge in [0.2, 0.25) is 0 Å². The lowest BCUT2D eigenvalue weighted by atomic mass is 9.61. The number of nitrogens with one attached hydrogen (secondary N) is 1. The van der Waals surface area contributed by atoms with Gasteiger partial charge in [0.1, 0.15) is 5.75 Å². The summed E-state index contributed by atoms with van der Waals surface area (Å²) in [5.41, 5.74) is 1.16. The van der Waals surface area contributed by atoms with E-state index in [0.29, 0.717) is 17.9 Å². The Labute approximate surface area is 109 Å². The van der Waals surface area contributed by atoms with Crippen molar-refractivity contribution in [3.63, 3.8) is 0 Å². The fourth-order valence-corrected chi connectivity index (χ4v) is 2.77. The molecule has 18 heavy (non-hydrogen) atoms. The number of hydrogen-bond donors (Lipinski definition) is 2. The normalized spacial score (nSPS) is 30.8. The Hall–Kier alpha value is -1.22. The molecule has 1 aliphatic carbocycles. The van der Waals surface area contributed by atoms with Crippen LogP contribution in [-0.2, 0) is 4.74 Å². The lowest BCUT2D eigenvalue weighted by Gasteiger charge is -2.53. The smallest absolute Gasteiger partial charge is 0.117 e. The van der Waals surface area contributed by atoms with Gasteiger partial charge < -0.3 is 15.2 Å². The van der Waals surface area contributed by atoms with E-state index < -0.39 is 0 Å². The van der Waals surface area contributed by atoms with Crippen molar-refractivity contribution in [1.29, 1.82) is 0 Å². The van der Waals surface area contributed by atoms with Crippen molar-refractivity contribution in [2.45, 2.75) is 45.8 Å². The first kappa shape index (κ1) is 13.2. The maximum absolute atomic E-state index is 9.48. The van der Waals surface area contributed by atoms with E-state index in [2.05, 4.69) is 19.2 Å². The Kier molecular flexibility index (Phi) is 3.81. The topological polar surface area (TPSA) is 41.5 Å². The van der Waals surface area contributed by atoms with Crippen molar-refractivity contribution in [1.82, 2.24) is 0 Å². The average Bonchev–Trinajstić information content (AvgIpc) is 2.36. The van der Waals surface area contributed by atoms with Crippen LogP contribution in [0.3, 0.4) is 0 Å². The molecule has 0 saturated heterocycles. The first-order chi connectivity index (χ1) is 8.60. The van der Waals surface area contributed by atoms with Gasteiger partial charge in [-0.25, -0.2) is 0 Å². The van der Waals surface area contributed by atoms with E-state index in [1.54, 1.807) is 12.1 Å². The van der Waals surface area contributed by atoms with Gasteiger partial charge >= 0.3 is 0 Å². The number of rotatable bonds is 5. The van der Waals surface area contributed by atoms with Crippen LogP contribution in [0.4, 0.5) is 5.69 Å². The first-order valence-corrected chi connectivity index (χ1v) is 6.77. The van der Waals surface area contributed by atoms with Crippen LogP contribution in [0.15, 0.2) is 24.3 Å². The number of phenolic OH excluding ortho intramolecular Hbond substituents is 1. The van der Waals surface area contributed by atoms with Crippen molar-refractivity contribution in [2.24, 2.45) is 5.41 Å². The second-order valence-electron chi connectivity index (χ2n) is 5.29. The Bertz CT molecular complexity index is 407. The van der Waals surface area contributed by atoms with Gasteiger partial charge in [0.05, 0.1) is 6.10 Å². The van der Waals surface area contributed by atoms with Crippen LogP contribution in [0.2, 0.25) is 0 Å². The number of anilines is 1. The lowest BCUT2D eigenvalue weighted by molar-refractivity contribution is -0.109. The Morgan fingerprint density at radius 3 is 2.83 bits per heavy atom. The maximum atomic E-state index is 9.48. The third-order valence-corrected chi connectivity index (χ3v) is 4.30. The molecule has 1 aromatic rings. The van der Waals surface area contributed by atoms with E-state index in [1.165, 1.54) is 0 Å². The molecule has 1 aliphatic rings. The zero-order chi connectivity index (χ0) is 13.2. The van der Waals surface area contributed by atoms with E-state index in [0.717, 1.165) is 25.1 Å². The van der Waals surface area contributed by atoms with Crippen LogP contribution in [0, 0.1) is 5.41 Å². The van der Waals surface area contributed by atoms with Crippen molar-refractivity contribution in [3.8, 4) is 5.75 Å². The number of aromatic hydroxyl groups is 1. The molecular formula is C15H23NO2. The molecule has 1 saturated carbocycles. The molecule has 0 radical (unpaired) electrons. The molecule has 3 nitrogen and oxygen atoms in total. The summed E-state index contributed by atoms with van der Waals surface area (Å²) in [5, 5.41) is 13.0. The molecule has 1 aromatic carbocycles. The fourth-order valence-electron chi connectivity index (χ4n) is 2.77. The summed E-state index contributed by atoms with van der Waals surface area (Å²) in [6.07, 6.45) is 2.48. The monoisotopic (exact) mass is 249 g/mol. The highest BCUT2D eigenvalue weighted by atomic mass is 16.5. The molecule has 2 N–H and O–H groups in total. The number of hydrogen-bond acceptors (Lipinski definition) is 3. The van der Waals surface area contributed by atoms with Crippen molar-refractivity contribution in [2.75, 3.05) is 11.9 Å². The number of phenols is 1. The zero-order valence-electron chi connectivity index (χ0n) is 11.4. The Morgan fingerprint density at radius 1 is 1.44 bits per heavy atom. The highest BCUT2D eigenvalue weighted by molar-refractivity contribution is 5.49. The minimum atomic E-state index is 0.182. The second-order valence-corrected chi connectivity index (χ2v) is 5.29. The van der Waals surface area contributed by atoms with Crippen LogP contribution in [-0.4, -0.2) is 23.9 Å². The van der Waals surface area contributed by atoms with Gasteiger partial charge in [-0.05, 0) is 31.9 Å². The van der Waals surface area contributed by atoms with Crippen LogP contribution in [0.1, 0.15) is 33.6 Å². The van der Waals surface area contributed by atoms with Crippen LogP contribution in [0.25, 0.3) is 0 Å². The number of benzene rings is 1. The van der Waals surface area contributed by atoms with Crippen LogP contribution >= 0.6 is 0 Å². The first-order valence-electron chi connectivity index (χ1n) is 6.77. The average molecular weight is 249 g/mol. The summed E-state index contributed by atoms with van der Waals surface area (Å²) in [6.45, 7) is 7.31. The van der Waals surface area contributed by atoms with Gasteiger partial charge in [0.25, 0.3) is 0 Å². The van der Waals surface area contributed by atoms with Gasteiger partial charge in [-0.2, -0.15) is 0 Å². The molecule has 0 aliphatic heterocycles. The highest BCUT2D eigenvalue weighted by Gasteiger charge is 2.51. The highest BCUT2D eigenvalue weighted by Crippen LogP contribution is 2.47. The minimum Gasteiger partial charge on any atom is -0.508 e. The van der Waals surface area contributed by atoms with E-state index in [1.807, 2.05) is 19.1 Å². The summed E-state index contributed by atoms with van der Waals surface area (Å²) in [5.74, 6) is 0.305. The summed E-state index contributed by atoms with van der Waals surface area (Å²) in [6, 6.07) is 7.72. The molecule has 3 atom stereocenters. The molecule has 1 fully saturated rings. The SMILES string of the molecule is CCOC1CC(Nc2cccc(O)c2)C1(C)CC. The molecule has 0 spiro atoms. The van der Waals surface area contributed by atoms with Crippen molar-refractivity contribution < 1.29 is 9.84 Å². The molecule has 0 amide bonds. The van der Waals surface area contributed by atoms with Gasteiger partial charge in [-0.1, -0.05) is 19.9 Å². The zero-order valence-corrected chi connectivity index (χ0v) is 11.4. The third-order valence-electron chi connectivity index (χ3n) is 4.30. The quantitative estimate of drug-likeness (QED) is 0.840. The van der Waals surface area contributed by atoms with Crippen molar-refractivity contribution in [3.05, 3.63) is 24.3 Å². The van der Waals surface area contributed by atoms with Gasteiger partial charge in [0, 0.05) is 29.8 Å². The van der Waals surface area contributed by atoms with E-state index >= 15 is 0 Å². The Balaban J connectivity index is 2.03. The summed E-state index contributed by atoms with van der Waals surface area (Å²) in [4.78, 5) is 0. The molecule has 0 heterocycles. The number of ether oxygens (including phenoxy) is 1.